The number of benzene rings is 1. The fourth-order valence-corrected chi connectivity index (χ4v) is 3.84. The van der Waals surface area contributed by atoms with E-state index in [0.29, 0.717) is 10.6 Å². The number of amides is 1. The van der Waals surface area contributed by atoms with E-state index in [1.165, 1.54) is 0 Å². The molecule has 1 fully saturated rings. The molecule has 1 aromatic rings. The molecule has 0 aromatic heterocycles. The first-order valence-corrected chi connectivity index (χ1v) is 7.97. The van der Waals surface area contributed by atoms with E-state index in [1.54, 1.807) is 23.1 Å². The Morgan fingerprint density at radius 2 is 2.00 bits per heavy atom. The Bertz CT molecular complexity index is 460. The molecule has 0 radical (unpaired) electrons. The summed E-state index contributed by atoms with van der Waals surface area (Å²) in [6.07, 6.45) is 4.22. The summed E-state index contributed by atoms with van der Waals surface area (Å²) < 4.78 is 0.808. The van der Waals surface area contributed by atoms with Gasteiger partial charge in [0.2, 0.25) is 0 Å². The summed E-state index contributed by atoms with van der Waals surface area (Å²) in [5.74, 6) is -0.0271. The highest BCUT2D eigenvalue weighted by Gasteiger charge is 2.29. The van der Waals surface area contributed by atoms with Gasteiger partial charge >= 0.3 is 0 Å². The molecule has 2 atom stereocenters. The lowest BCUT2D eigenvalue weighted by Crippen LogP contribution is -2.44. The third-order valence-corrected chi connectivity index (χ3v) is 4.76. The summed E-state index contributed by atoms with van der Waals surface area (Å²) in [4.78, 5) is 14.2. The second-order valence-corrected chi connectivity index (χ2v) is 6.85. The molecule has 2 unspecified atom stereocenters. The van der Waals surface area contributed by atoms with Crippen LogP contribution in [0.4, 0.5) is 0 Å². The maximum absolute atomic E-state index is 12.5. The van der Waals surface area contributed by atoms with Crippen molar-refractivity contribution in [2.24, 2.45) is 0 Å². The van der Waals surface area contributed by atoms with Gasteiger partial charge in [0.15, 0.2) is 0 Å². The zero-order valence-electron chi connectivity index (χ0n) is 10.7. The molecule has 5 heteroatoms. The highest BCUT2D eigenvalue weighted by Crippen LogP contribution is 2.28. The summed E-state index contributed by atoms with van der Waals surface area (Å²) in [7, 11) is 1.82. The van der Waals surface area contributed by atoms with Crippen LogP contribution in [0.2, 0.25) is 5.02 Å². The minimum Gasteiger partial charge on any atom is -0.337 e. The molecule has 2 nitrogen and oxygen atoms in total. The minimum atomic E-state index is -0.0271. The van der Waals surface area contributed by atoms with Gasteiger partial charge in [0.1, 0.15) is 0 Å². The van der Waals surface area contributed by atoms with Crippen LogP contribution < -0.4 is 0 Å². The maximum atomic E-state index is 12.5. The van der Waals surface area contributed by atoms with Crippen molar-refractivity contribution in [3.63, 3.8) is 0 Å². The number of hydrogen-bond acceptors (Lipinski definition) is 1. The Morgan fingerprint density at radius 1 is 1.32 bits per heavy atom. The van der Waals surface area contributed by atoms with Crippen LogP contribution in [0.25, 0.3) is 0 Å². The Morgan fingerprint density at radius 3 is 2.63 bits per heavy atom. The minimum absolute atomic E-state index is 0.0271. The van der Waals surface area contributed by atoms with E-state index >= 15 is 0 Å². The van der Waals surface area contributed by atoms with Gasteiger partial charge in [0.25, 0.3) is 5.91 Å². The first-order chi connectivity index (χ1) is 8.99. The van der Waals surface area contributed by atoms with Gasteiger partial charge in [-0.05, 0) is 31.0 Å². The number of alkyl halides is 1. The molecule has 0 saturated heterocycles. The van der Waals surface area contributed by atoms with E-state index in [9.17, 15) is 4.79 Å². The van der Waals surface area contributed by atoms with Crippen LogP contribution in [-0.4, -0.2) is 29.3 Å². The van der Waals surface area contributed by atoms with Gasteiger partial charge in [-0.3, -0.25) is 4.79 Å². The summed E-state index contributed by atoms with van der Waals surface area (Å²) in [6.45, 7) is 0. The molecule has 1 aliphatic carbocycles. The predicted octanol–water partition coefficient (Wildman–Crippen LogP) is 4.72. The summed E-state index contributed by atoms with van der Waals surface area (Å²) in [6, 6.07) is 5.36. The molecular formula is C14H16BrCl2NO. The lowest BCUT2D eigenvalue weighted by molar-refractivity contribution is 0.0700. The Balaban J connectivity index is 2.18. The number of halogens is 3. The second kappa shape index (κ2) is 6.47. The molecule has 2 rings (SSSR count). The quantitative estimate of drug-likeness (QED) is 0.695. The zero-order chi connectivity index (χ0) is 14.0. The molecule has 0 N–H and O–H groups in total. The second-order valence-electron chi connectivity index (χ2n) is 4.94. The van der Waals surface area contributed by atoms with Crippen LogP contribution in [0.15, 0.2) is 22.7 Å². The zero-order valence-corrected chi connectivity index (χ0v) is 13.8. The van der Waals surface area contributed by atoms with E-state index < -0.39 is 0 Å². The fourth-order valence-electron chi connectivity index (χ4n) is 2.53. The molecule has 1 aromatic carbocycles. The van der Waals surface area contributed by atoms with Gasteiger partial charge in [-0.1, -0.05) is 40.4 Å². The lowest BCUT2D eigenvalue weighted by atomic mass is 9.93. The van der Waals surface area contributed by atoms with Crippen LogP contribution in [0.1, 0.15) is 36.0 Å². The van der Waals surface area contributed by atoms with Gasteiger partial charge in [-0.2, -0.15) is 0 Å². The van der Waals surface area contributed by atoms with E-state index in [-0.39, 0.29) is 17.3 Å². The van der Waals surface area contributed by atoms with E-state index in [2.05, 4.69) is 15.9 Å². The van der Waals surface area contributed by atoms with Crippen molar-refractivity contribution in [2.75, 3.05) is 7.05 Å². The SMILES string of the molecule is CN(C(=O)c1cc(Cl)cc(Br)c1)C1CCCCC1Cl. The highest BCUT2D eigenvalue weighted by atomic mass is 79.9. The number of rotatable bonds is 2. The van der Waals surface area contributed by atoms with Gasteiger partial charge in [0, 0.05) is 28.1 Å². The number of carbonyl (C=O) groups is 1. The van der Waals surface area contributed by atoms with Crippen LogP contribution in [0.5, 0.6) is 0 Å². The Hall–Kier alpha value is -0.250. The van der Waals surface area contributed by atoms with Crippen molar-refractivity contribution in [3.05, 3.63) is 33.3 Å². The molecule has 0 aliphatic heterocycles. The Labute approximate surface area is 132 Å². The summed E-state index contributed by atoms with van der Waals surface area (Å²) >= 11 is 15.7. The first-order valence-electron chi connectivity index (χ1n) is 6.36. The number of hydrogen-bond donors (Lipinski definition) is 0. The third kappa shape index (κ3) is 3.65. The summed E-state index contributed by atoms with van der Waals surface area (Å²) in [5.41, 5.74) is 0.594. The molecule has 1 aliphatic rings. The molecule has 104 valence electrons. The fraction of sp³-hybridized carbons (Fsp3) is 0.500. The molecule has 19 heavy (non-hydrogen) atoms. The molecule has 0 heterocycles. The molecule has 1 amide bonds. The Kier molecular flexibility index (Phi) is 5.15. The van der Waals surface area contributed by atoms with E-state index in [4.69, 9.17) is 23.2 Å². The monoisotopic (exact) mass is 363 g/mol. The van der Waals surface area contributed by atoms with Crippen molar-refractivity contribution in [3.8, 4) is 0 Å². The van der Waals surface area contributed by atoms with Crippen molar-refractivity contribution in [2.45, 2.75) is 37.1 Å². The van der Waals surface area contributed by atoms with Crippen LogP contribution in [0.3, 0.4) is 0 Å². The van der Waals surface area contributed by atoms with Crippen LogP contribution >= 0.6 is 39.1 Å². The molecule has 1 saturated carbocycles. The van der Waals surface area contributed by atoms with Gasteiger partial charge in [-0.25, -0.2) is 0 Å². The maximum Gasteiger partial charge on any atom is 0.253 e. The van der Waals surface area contributed by atoms with E-state index in [0.717, 1.165) is 30.2 Å². The van der Waals surface area contributed by atoms with E-state index in [1.807, 2.05) is 7.05 Å². The van der Waals surface area contributed by atoms with Gasteiger partial charge in [-0.15, -0.1) is 11.6 Å². The average molecular weight is 365 g/mol. The topological polar surface area (TPSA) is 20.3 Å². The molecule has 0 bridgehead atoms. The predicted molar refractivity (Wildman–Crippen MR) is 83.1 cm³/mol. The van der Waals surface area contributed by atoms with Gasteiger partial charge in [0.05, 0.1) is 5.38 Å². The number of carbonyl (C=O) groups excluding carboxylic acids is 1. The van der Waals surface area contributed by atoms with Crippen LogP contribution in [-0.2, 0) is 0 Å². The van der Waals surface area contributed by atoms with Crippen molar-refractivity contribution in [1.82, 2.24) is 4.90 Å². The van der Waals surface area contributed by atoms with Crippen molar-refractivity contribution in [1.29, 1.82) is 0 Å². The van der Waals surface area contributed by atoms with Gasteiger partial charge < -0.3 is 4.90 Å². The average Bonchev–Trinajstić information content (AvgIpc) is 2.36. The van der Waals surface area contributed by atoms with Crippen LogP contribution in [0, 0.1) is 0 Å². The third-order valence-electron chi connectivity index (χ3n) is 3.57. The van der Waals surface area contributed by atoms with Crippen molar-refractivity contribution < 1.29 is 4.79 Å². The van der Waals surface area contributed by atoms with Crippen molar-refractivity contribution >= 4 is 45.0 Å². The first kappa shape index (κ1) is 15.1. The smallest absolute Gasteiger partial charge is 0.253 e. The normalized spacial score (nSPS) is 23.2. The number of nitrogens with zero attached hydrogens (tertiary/aromatic N) is 1. The largest absolute Gasteiger partial charge is 0.337 e. The lowest BCUT2D eigenvalue weighted by Gasteiger charge is -2.35. The molecule has 0 spiro atoms. The summed E-state index contributed by atoms with van der Waals surface area (Å²) in [5, 5.41) is 0.600. The highest BCUT2D eigenvalue weighted by molar-refractivity contribution is 9.10. The molecular weight excluding hydrogens is 349 g/mol. The standard InChI is InChI=1S/C14H16BrCl2NO/c1-18(13-5-3-2-4-12(13)17)14(19)9-6-10(15)8-11(16)7-9/h6-8,12-13H,2-5H2,1H3.